The largest absolute Gasteiger partial charge is 0.264 e. The molecule has 0 saturated heterocycles. The fraction of sp³-hybridized carbons (Fsp3) is 0.385. The van der Waals surface area contributed by atoms with Crippen LogP contribution < -0.4 is 0 Å². The Balaban J connectivity index is 2.52. The molecule has 15 heavy (non-hydrogen) atoms. The summed E-state index contributed by atoms with van der Waals surface area (Å²) in [5.41, 5.74) is 2.59. The topological polar surface area (TPSA) is 25.8 Å². The Morgan fingerprint density at radius 2 is 2.00 bits per heavy atom. The minimum absolute atomic E-state index is 0.271. The van der Waals surface area contributed by atoms with Crippen LogP contribution in [0.15, 0.2) is 30.7 Å². The van der Waals surface area contributed by atoms with Gasteiger partial charge in [0.05, 0.1) is 5.52 Å². The highest BCUT2D eigenvalue weighted by Gasteiger charge is 2.13. The van der Waals surface area contributed by atoms with Crippen molar-refractivity contribution >= 4 is 10.9 Å². The predicted octanol–water partition coefficient (Wildman–Crippen LogP) is 3.22. The quantitative estimate of drug-likeness (QED) is 0.706. The lowest BCUT2D eigenvalue weighted by Gasteiger charge is -2.18. The van der Waals surface area contributed by atoms with Crippen LogP contribution in [0.25, 0.3) is 10.9 Å². The maximum Gasteiger partial charge on any atom is 0.0764 e. The molecule has 2 aromatic heterocycles. The molecule has 78 valence electrons. The molecule has 0 bridgehead atoms. The van der Waals surface area contributed by atoms with E-state index in [9.17, 15) is 0 Å². The molecule has 0 N–H and O–H groups in total. The van der Waals surface area contributed by atoms with E-state index < -0.39 is 0 Å². The Labute approximate surface area is 90.4 Å². The first kappa shape index (κ1) is 10.1. The summed E-state index contributed by atoms with van der Waals surface area (Å²) in [6.07, 6.45) is 6.65. The number of nitrogens with zero attached hydrogens (tertiary/aromatic N) is 2. The Morgan fingerprint density at radius 3 is 2.73 bits per heavy atom. The third kappa shape index (κ3) is 2.32. The first-order valence-corrected chi connectivity index (χ1v) is 5.24. The summed E-state index contributed by atoms with van der Waals surface area (Å²) in [4.78, 5) is 8.68. The average Bonchev–Trinajstić information content (AvgIpc) is 2.16. The van der Waals surface area contributed by atoms with Crippen molar-refractivity contribution < 1.29 is 0 Å². The van der Waals surface area contributed by atoms with E-state index in [-0.39, 0.29) is 5.41 Å². The first-order valence-electron chi connectivity index (χ1n) is 5.24. The van der Waals surface area contributed by atoms with E-state index >= 15 is 0 Å². The van der Waals surface area contributed by atoms with Gasteiger partial charge in [-0.3, -0.25) is 9.97 Å². The molecule has 0 aliphatic rings. The van der Waals surface area contributed by atoms with Gasteiger partial charge in [0.15, 0.2) is 0 Å². The van der Waals surface area contributed by atoms with E-state index in [1.165, 1.54) is 5.56 Å². The lowest BCUT2D eigenvalue weighted by atomic mass is 9.88. The molecule has 2 aromatic rings. The summed E-state index contributed by atoms with van der Waals surface area (Å²) in [5, 5.41) is 1.12. The predicted molar refractivity (Wildman–Crippen MR) is 62.7 cm³/mol. The van der Waals surface area contributed by atoms with E-state index in [4.69, 9.17) is 0 Å². The second-order valence-corrected chi connectivity index (χ2v) is 5.11. The number of hydrogen-bond donors (Lipinski definition) is 0. The van der Waals surface area contributed by atoms with Crippen molar-refractivity contribution in [2.45, 2.75) is 27.2 Å². The third-order valence-corrected chi connectivity index (χ3v) is 2.31. The number of pyridine rings is 2. The van der Waals surface area contributed by atoms with E-state index in [1.807, 2.05) is 24.7 Å². The summed E-state index contributed by atoms with van der Waals surface area (Å²) < 4.78 is 0. The second kappa shape index (κ2) is 3.61. The molecular weight excluding hydrogens is 184 g/mol. The number of hydrogen-bond acceptors (Lipinski definition) is 2. The Bertz CT molecular complexity index is 464. The van der Waals surface area contributed by atoms with Gasteiger partial charge in [-0.2, -0.15) is 0 Å². The molecule has 0 fully saturated rings. The van der Waals surface area contributed by atoms with E-state index in [2.05, 4.69) is 36.8 Å². The van der Waals surface area contributed by atoms with Gasteiger partial charge in [-0.25, -0.2) is 0 Å². The van der Waals surface area contributed by atoms with Crippen LogP contribution in [0.2, 0.25) is 0 Å². The van der Waals surface area contributed by atoms with E-state index in [0.717, 1.165) is 17.3 Å². The fourth-order valence-electron chi connectivity index (χ4n) is 1.76. The highest BCUT2D eigenvalue weighted by molar-refractivity contribution is 5.80. The number of aromatic nitrogens is 2. The number of rotatable bonds is 1. The maximum atomic E-state index is 4.43. The van der Waals surface area contributed by atoms with Crippen molar-refractivity contribution in [1.29, 1.82) is 0 Å². The van der Waals surface area contributed by atoms with Gasteiger partial charge in [0.25, 0.3) is 0 Å². The molecule has 0 saturated carbocycles. The van der Waals surface area contributed by atoms with Gasteiger partial charge in [0.2, 0.25) is 0 Å². The van der Waals surface area contributed by atoms with Crippen molar-refractivity contribution in [3.05, 3.63) is 36.3 Å². The molecule has 0 aliphatic carbocycles. The van der Waals surface area contributed by atoms with E-state index in [0.29, 0.717) is 0 Å². The molecule has 2 heterocycles. The molecule has 0 atom stereocenters. The van der Waals surface area contributed by atoms with Crippen molar-refractivity contribution in [3.8, 4) is 0 Å². The van der Waals surface area contributed by atoms with Crippen LogP contribution in [0.4, 0.5) is 0 Å². The van der Waals surface area contributed by atoms with Crippen molar-refractivity contribution in [2.75, 3.05) is 0 Å². The Kier molecular flexibility index (Phi) is 2.43. The molecule has 2 rings (SSSR count). The molecule has 2 heteroatoms. The van der Waals surface area contributed by atoms with Gasteiger partial charge in [-0.15, -0.1) is 0 Å². The lowest BCUT2D eigenvalue weighted by Crippen LogP contribution is -2.10. The maximum absolute atomic E-state index is 4.43. The standard InChI is InChI=1S/C13H16N2/c1-13(2,3)7-11-9-14-8-10-5-4-6-15-12(10)11/h4-6,8-9H,7H2,1-3H3. The van der Waals surface area contributed by atoms with Crippen LogP contribution >= 0.6 is 0 Å². The zero-order valence-corrected chi connectivity index (χ0v) is 9.49. The molecule has 0 spiro atoms. The molecule has 0 unspecified atom stereocenters. The van der Waals surface area contributed by atoms with Gasteiger partial charge in [-0.05, 0) is 29.5 Å². The number of fused-ring (bicyclic) bond motifs is 1. The highest BCUT2D eigenvalue weighted by Crippen LogP contribution is 2.24. The van der Waals surface area contributed by atoms with Crippen LogP contribution in [-0.4, -0.2) is 9.97 Å². The van der Waals surface area contributed by atoms with Crippen LogP contribution in [0.1, 0.15) is 26.3 Å². The minimum atomic E-state index is 0.271. The summed E-state index contributed by atoms with van der Waals surface area (Å²) in [7, 11) is 0. The average molecular weight is 200 g/mol. The molecule has 0 aromatic carbocycles. The van der Waals surface area contributed by atoms with Crippen molar-refractivity contribution in [3.63, 3.8) is 0 Å². The zero-order valence-electron chi connectivity index (χ0n) is 9.49. The van der Waals surface area contributed by atoms with Gasteiger partial charge < -0.3 is 0 Å². The molecule has 0 amide bonds. The van der Waals surface area contributed by atoms with Crippen molar-refractivity contribution in [2.24, 2.45) is 5.41 Å². The molecule has 0 aliphatic heterocycles. The second-order valence-electron chi connectivity index (χ2n) is 5.11. The molecule has 0 radical (unpaired) electrons. The Morgan fingerprint density at radius 1 is 1.20 bits per heavy atom. The molecule has 2 nitrogen and oxygen atoms in total. The van der Waals surface area contributed by atoms with Gasteiger partial charge >= 0.3 is 0 Å². The van der Waals surface area contributed by atoms with Gasteiger partial charge in [0, 0.05) is 24.0 Å². The molecular formula is C13H16N2. The smallest absolute Gasteiger partial charge is 0.0764 e. The summed E-state index contributed by atoms with van der Waals surface area (Å²) in [6, 6.07) is 4.01. The fourth-order valence-corrected chi connectivity index (χ4v) is 1.76. The highest BCUT2D eigenvalue weighted by atomic mass is 14.7. The lowest BCUT2D eigenvalue weighted by molar-refractivity contribution is 0.412. The van der Waals surface area contributed by atoms with Crippen molar-refractivity contribution in [1.82, 2.24) is 9.97 Å². The van der Waals surface area contributed by atoms with Crippen LogP contribution in [0, 0.1) is 5.41 Å². The summed E-state index contributed by atoms with van der Waals surface area (Å²) in [5.74, 6) is 0. The normalized spacial score (nSPS) is 11.9. The van der Waals surface area contributed by atoms with E-state index in [1.54, 1.807) is 0 Å². The third-order valence-electron chi connectivity index (χ3n) is 2.31. The zero-order chi connectivity index (χ0) is 10.9. The van der Waals surface area contributed by atoms with Gasteiger partial charge in [0.1, 0.15) is 0 Å². The Hall–Kier alpha value is -1.44. The van der Waals surface area contributed by atoms with Crippen LogP contribution in [0.3, 0.4) is 0 Å². The first-order chi connectivity index (χ1) is 7.06. The SMILES string of the molecule is CC(C)(C)Cc1cncc2cccnc12. The van der Waals surface area contributed by atoms with Crippen LogP contribution in [-0.2, 0) is 6.42 Å². The van der Waals surface area contributed by atoms with Gasteiger partial charge in [-0.1, -0.05) is 20.8 Å². The minimum Gasteiger partial charge on any atom is -0.264 e. The van der Waals surface area contributed by atoms with Crippen LogP contribution in [0.5, 0.6) is 0 Å². The monoisotopic (exact) mass is 200 g/mol. The summed E-state index contributed by atoms with van der Waals surface area (Å²) >= 11 is 0. The summed E-state index contributed by atoms with van der Waals surface area (Å²) in [6.45, 7) is 6.69.